The average Bonchev–Trinajstić information content (AvgIpc) is 3.08. The lowest BCUT2D eigenvalue weighted by Crippen LogP contribution is -2.41. The highest BCUT2D eigenvalue weighted by molar-refractivity contribution is 7.91. The molecule has 0 amide bonds. The molecular formula is C21H18ClNO5S. The third-order valence-corrected chi connectivity index (χ3v) is 7.63. The van der Waals surface area contributed by atoms with Gasteiger partial charge in [-0.2, -0.15) is 0 Å². The predicted octanol–water partition coefficient (Wildman–Crippen LogP) is 3.45. The van der Waals surface area contributed by atoms with Gasteiger partial charge in [-0.25, -0.2) is 8.42 Å². The zero-order valence-electron chi connectivity index (χ0n) is 15.4. The molecule has 0 radical (unpaired) electrons. The van der Waals surface area contributed by atoms with E-state index in [1.165, 1.54) is 6.26 Å². The summed E-state index contributed by atoms with van der Waals surface area (Å²) in [5.74, 6) is 1.01. The molecule has 29 heavy (non-hydrogen) atoms. The molecule has 0 bridgehead atoms. The van der Waals surface area contributed by atoms with E-state index in [0.29, 0.717) is 47.0 Å². The number of benzene rings is 2. The van der Waals surface area contributed by atoms with E-state index in [4.69, 9.17) is 20.8 Å². The number of rotatable bonds is 2. The Balaban J connectivity index is 1.55. The van der Waals surface area contributed by atoms with Crippen molar-refractivity contribution in [2.45, 2.75) is 19.0 Å². The molecule has 5 rings (SSSR count). The molecule has 2 aliphatic rings. The topological polar surface area (TPSA) is 76.8 Å². The fraction of sp³-hybridized carbons (Fsp3) is 0.286. The Hall–Kier alpha value is -2.35. The highest BCUT2D eigenvalue weighted by Crippen LogP contribution is 2.34. The minimum atomic E-state index is -2.99. The molecule has 0 N–H and O–H groups in total. The summed E-state index contributed by atoms with van der Waals surface area (Å²) in [6.07, 6.45) is 2.06. The Morgan fingerprint density at radius 3 is 2.62 bits per heavy atom. The van der Waals surface area contributed by atoms with Gasteiger partial charge in [0, 0.05) is 17.6 Å². The summed E-state index contributed by atoms with van der Waals surface area (Å²) in [6.45, 7) is 0.807. The van der Waals surface area contributed by atoms with E-state index in [2.05, 4.69) is 0 Å². The third kappa shape index (κ3) is 3.33. The van der Waals surface area contributed by atoms with Crippen LogP contribution in [0.1, 0.15) is 12.0 Å². The zero-order valence-corrected chi connectivity index (χ0v) is 17.0. The maximum absolute atomic E-state index is 13.1. The molecular weight excluding hydrogens is 414 g/mol. The van der Waals surface area contributed by atoms with Crippen molar-refractivity contribution in [1.29, 1.82) is 0 Å². The van der Waals surface area contributed by atoms with Crippen LogP contribution in [0.25, 0.3) is 22.1 Å². The van der Waals surface area contributed by atoms with E-state index in [-0.39, 0.29) is 23.0 Å². The van der Waals surface area contributed by atoms with Gasteiger partial charge in [-0.15, -0.1) is 0 Å². The Labute approximate surface area is 172 Å². The highest BCUT2D eigenvalue weighted by Gasteiger charge is 2.35. The molecule has 1 aromatic heterocycles. The maximum atomic E-state index is 13.1. The highest BCUT2D eigenvalue weighted by atomic mass is 35.5. The standard InChI is InChI=1S/C21H18ClNO5S/c22-14-3-1-13(2-4-14)18-10-27-21-16(20(18)24)5-6-19-17(21)9-23(12-28-19)15-7-8-29(25,26)11-15/h1-6,10,15H,7-9,11-12H2/t15-/m1/s1. The van der Waals surface area contributed by atoms with Crippen molar-refractivity contribution in [3.63, 3.8) is 0 Å². The van der Waals surface area contributed by atoms with Gasteiger partial charge in [0.1, 0.15) is 24.3 Å². The van der Waals surface area contributed by atoms with E-state index < -0.39 is 9.84 Å². The van der Waals surface area contributed by atoms with Gasteiger partial charge in [0.15, 0.2) is 9.84 Å². The first-order chi connectivity index (χ1) is 13.9. The number of halogens is 1. The van der Waals surface area contributed by atoms with Crippen LogP contribution in [0.4, 0.5) is 0 Å². The molecule has 150 valence electrons. The predicted molar refractivity (Wildman–Crippen MR) is 111 cm³/mol. The Morgan fingerprint density at radius 1 is 1.10 bits per heavy atom. The smallest absolute Gasteiger partial charge is 0.200 e. The summed E-state index contributed by atoms with van der Waals surface area (Å²) in [5.41, 5.74) is 2.33. The molecule has 3 aromatic rings. The van der Waals surface area contributed by atoms with Gasteiger partial charge in [0.05, 0.1) is 28.0 Å². The third-order valence-electron chi connectivity index (χ3n) is 5.63. The molecule has 8 heteroatoms. The van der Waals surface area contributed by atoms with Crippen molar-refractivity contribution in [1.82, 2.24) is 4.90 Å². The monoisotopic (exact) mass is 431 g/mol. The fourth-order valence-electron chi connectivity index (χ4n) is 4.05. The van der Waals surface area contributed by atoms with Crippen molar-refractivity contribution in [2.75, 3.05) is 18.2 Å². The fourth-order valence-corrected chi connectivity index (χ4v) is 5.94. The van der Waals surface area contributed by atoms with Crippen molar-refractivity contribution in [3.8, 4) is 16.9 Å². The molecule has 3 heterocycles. The second-order valence-corrected chi connectivity index (χ2v) is 10.1. The largest absolute Gasteiger partial charge is 0.478 e. The van der Waals surface area contributed by atoms with Crippen LogP contribution in [0.2, 0.25) is 5.02 Å². The van der Waals surface area contributed by atoms with Crippen LogP contribution >= 0.6 is 11.6 Å². The van der Waals surface area contributed by atoms with Gasteiger partial charge in [-0.1, -0.05) is 23.7 Å². The quantitative estimate of drug-likeness (QED) is 0.618. The molecule has 0 spiro atoms. The molecule has 1 atom stereocenters. The van der Waals surface area contributed by atoms with Gasteiger partial charge in [0.25, 0.3) is 0 Å². The molecule has 6 nitrogen and oxygen atoms in total. The molecule has 2 aliphatic heterocycles. The number of ether oxygens (including phenoxy) is 1. The number of hydrogen-bond acceptors (Lipinski definition) is 6. The van der Waals surface area contributed by atoms with Gasteiger partial charge >= 0.3 is 0 Å². The van der Waals surface area contributed by atoms with Crippen molar-refractivity contribution in [2.24, 2.45) is 0 Å². The molecule has 0 saturated carbocycles. The number of nitrogens with zero attached hydrogens (tertiary/aromatic N) is 1. The lowest BCUT2D eigenvalue weighted by molar-refractivity contribution is 0.0649. The lowest BCUT2D eigenvalue weighted by atomic mass is 10.0. The summed E-state index contributed by atoms with van der Waals surface area (Å²) in [7, 11) is -2.99. The summed E-state index contributed by atoms with van der Waals surface area (Å²) >= 11 is 5.94. The first kappa shape index (κ1) is 18.7. The van der Waals surface area contributed by atoms with Crippen LogP contribution in [-0.2, 0) is 16.4 Å². The summed E-state index contributed by atoms with van der Waals surface area (Å²) < 4.78 is 35.4. The second-order valence-electron chi connectivity index (χ2n) is 7.48. The number of fused-ring (bicyclic) bond motifs is 3. The van der Waals surface area contributed by atoms with Crippen LogP contribution in [0.15, 0.2) is 51.9 Å². The van der Waals surface area contributed by atoms with Crippen LogP contribution < -0.4 is 10.2 Å². The van der Waals surface area contributed by atoms with Crippen molar-refractivity contribution in [3.05, 3.63) is 63.5 Å². The Morgan fingerprint density at radius 2 is 1.90 bits per heavy atom. The van der Waals surface area contributed by atoms with Crippen LogP contribution in [0.5, 0.6) is 5.75 Å². The zero-order chi connectivity index (χ0) is 20.2. The second kappa shape index (κ2) is 6.86. The Bertz CT molecular complexity index is 1270. The first-order valence-electron chi connectivity index (χ1n) is 9.32. The average molecular weight is 432 g/mol. The summed E-state index contributed by atoms with van der Waals surface area (Å²) in [4.78, 5) is 15.1. The van der Waals surface area contributed by atoms with E-state index in [1.807, 2.05) is 4.90 Å². The van der Waals surface area contributed by atoms with Gasteiger partial charge in [0.2, 0.25) is 5.43 Å². The SMILES string of the molecule is O=c1c(-c2ccc(Cl)cc2)coc2c3c(ccc12)OCN([C@@H]1CCS(=O)(=O)C1)C3. The van der Waals surface area contributed by atoms with Crippen LogP contribution in [0.3, 0.4) is 0 Å². The molecule has 0 aliphatic carbocycles. The van der Waals surface area contributed by atoms with Crippen molar-refractivity contribution >= 4 is 32.4 Å². The van der Waals surface area contributed by atoms with Crippen LogP contribution in [-0.4, -0.2) is 37.6 Å². The first-order valence-corrected chi connectivity index (χ1v) is 11.5. The molecule has 0 unspecified atom stereocenters. The van der Waals surface area contributed by atoms with E-state index in [1.54, 1.807) is 36.4 Å². The molecule has 2 aromatic carbocycles. The van der Waals surface area contributed by atoms with Gasteiger partial charge in [-0.05, 0) is 36.2 Å². The van der Waals surface area contributed by atoms with Crippen LogP contribution in [0, 0.1) is 0 Å². The molecule has 1 fully saturated rings. The van der Waals surface area contributed by atoms with E-state index >= 15 is 0 Å². The summed E-state index contributed by atoms with van der Waals surface area (Å²) in [5, 5.41) is 1.07. The van der Waals surface area contributed by atoms with Gasteiger partial charge < -0.3 is 9.15 Å². The minimum Gasteiger partial charge on any atom is -0.478 e. The lowest BCUT2D eigenvalue weighted by Gasteiger charge is -2.33. The van der Waals surface area contributed by atoms with Crippen molar-refractivity contribution < 1.29 is 17.6 Å². The normalized spacial score (nSPS) is 21.1. The summed E-state index contributed by atoms with van der Waals surface area (Å²) in [6, 6.07) is 10.4. The van der Waals surface area contributed by atoms with E-state index in [9.17, 15) is 13.2 Å². The number of hydrogen-bond donors (Lipinski definition) is 0. The minimum absolute atomic E-state index is 0.0801. The van der Waals surface area contributed by atoms with Gasteiger partial charge in [-0.3, -0.25) is 9.69 Å². The maximum Gasteiger partial charge on any atom is 0.200 e. The Kier molecular flexibility index (Phi) is 4.42. The number of sulfone groups is 1. The van der Waals surface area contributed by atoms with E-state index in [0.717, 1.165) is 11.1 Å². The molecule has 1 saturated heterocycles.